The van der Waals surface area contributed by atoms with Crippen molar-refractivity contribution >= 4 is 0 Å². The Labute approximate surface area is 124 Å². The Morgan fingerprint density at radius 1 is 1.29 bits per heavy atom. The van der Waals surface area contributed by atoms with Gasteiger partial charge in [-0.05, 0) is 49.4 Å². The molecule has 0 amide bonds. The molecule has 4 nitrogen and oxygen atoms in total. The SMILES string of the molecule is CC(c1nc(C2CCCc3ccccc32)no1)C1CNC1. The minimum absolute atomic E-state index is 0.305. The van der Waals surface area contributed by atoms with Crippen molar-refractivity contribution in [1.29, 1.82) is 0 Å². The minimum Gasteiger partial charge on any atom is -0.339 e. The molecular weight excluding hydrogens is 262 g/mol. The van der Waals surface area contributed by atoms with E-state index in [1.165, 1.54) is 24.0 Å². The van der Waals surface area contributed by atoms with Crippen LogP contribution in [0.25, 0.3) is 0 Å². The Bertz CT molecular complexity index is 632. The van der Waals surface area contributed by atoms with Gasteiger partial charge in [-0.15, -0.1) is 0 Å². The van der Waals surface area contributed by atoms with Gasteiger partial charge in [0.15, 0.2) is 5.82 Å². The molecule has 0 saturated carbocycles. The van der Waals surface area contributed by atoms with Crippen LogP contribution in [-0.4, -0.2) is 23.2 Å². The number of hydrogen-bond acceptors (Lipinski definition) is 4. The lowest BCUT2D eigenvalue weighted by Gasteiger charge is -2.30. The van der Waals surface area contributed by atoms with Gasteiger partial charge >= 0.3 is 0 Å². The van der Waals surface area contributed by atoms with E-state index in [-0.39, 0.29) is 0 Å². The first-order chi connectivity index (χ1) is 10.3. The molecule has 21 heavy (non-hydrogen) atoms. The zero-order chi connectivity index (χ0) is 14.2. The zero-order valence-electron chi connectivity index (χ0n) is 12.4. The second-order valence-electron chi connectivity index (χ2n) is 6.34. The van der Waals surface area contributed by atoms with E-state index in [2.05, 4.69) is 41.7 Å². The Kier molecular flexibility index (Phi) is 3.26. The van der Waals surface area contributed by atoms with E-state index in [9.17, 15) is 0 Å². The van der Waals surface area contributed by atoms with Crippen LogP contribution in [0.15, 0.2) is 28.8 Å². The second kappa shape index (κ2) is 5.26. The monoisotopic (exact) mass is 283 g/mol. The van der Waals surface area contributed by atoms with E-state index in [4.69, 9.17) is 9.51 Å². The molecule has 1 aromatic heterocycles. The summed E-state index contributed by atoms with van der Waals surface area (Å²) in [5.41, 5.74) is 2.82. The van der Waals surface area contributed by atoms with E-state index in [1.54, 1.807) is 0 Å². The summed E-state index contributed by atoms with van der Waals surface area (Å²) in [6, 6.07) is 8.68. The Morgan fingerprint density at radius 2 is 2.14 bits per heavy atom. The molecule has 1 aromatic carbocycles. The molecule has 4 heteroatoms. The number of hydrogen-bond donors (Lipinski definition) is 1. The molecule has 1 fully saturated rings. The van der Waals surface area contributed by atoms with E-state index < -0.39 is 0 Å². The van der Waals surface area contributed by atoms with E-state index in [0.717, 1.165) is 31.2 Å². The minimum atomic E-state index is 0.305. The molecule has 2 unspecified atom stereocenters. The number of rotatable bonds is 3. The van der Waals surface area contributed by atoms with Crippen molar-refractivity contribution in [2.75, 3.05) is 13.1 Å². The highest BCUT2D eigenvalue weighted by atomic mass is 16.5. The van der Waals surface area contributed by atoms with Gasteiger partial charge in [0.2, 0.25) is 5.89 Å². The van der Waals surface area contributed by atoms with Crippen molar-refractivity contribution < 1.29 is 4.52 Å². The van der Waals surface area contributed by atoms with Crippen LogP contribution >= 0.6 is 0 Å². The molecule has 110 valence electrons. The van der Waals surface area contributed by atoms with Crippen molar-refractivity contribution in [3.05, 3.63) is 47.1 Å². The summed E-state index contributed by atoms with van der Waals surface area (Å²) in [6.07, 6.45) is 3.49. The molecular formula is C17H21N3O. The summed E-state index contributed by atoms with van der Waals surface area (Å²) in [5.74, 6) is 2.97. The third-order valence-corrected chi connectivity index (χ3v) is 5.05. The van der Waals surface area contributed by atoms with E-state index in [0.29, 0.717) is 17.8 Å². The fourth-order valence-electron chi connectivity index (χ4n) is 3.46. The van der Waals surface area contributed by atoms with Crippen LogP contribution in [0.3, 0.4) is 0 Å². The van der Waals surface area contributed by atoms with E-state index >= 15 is 0 Å². The van der Waals surface area contributed by atoms with Gasteiger partial charge in [0.05, 0.1) is 0 Å². The first kappa shape index (κ1) is 13.0. The fourth-order valence-corrected chi connectivity index (χ4v) is 3.46. The lowest BCUT2D eigenvalue weighted by Crippen LogP contribution is -2.44. The smallest absolute Gasteiger partial charge is 0.229 e. The lowest BCUT2D eigenvalue weighted by molar-refractivity contribution is 0.252. The van der Waals surface area contributed by atoms with Crippen molar-refractivity contribution in [1.82, 2.24) is 15.5 Å². The number of aryl methyl sites for hydroxylation is 1. The van der Waals surface area contributed by atoms with Crippen LogP contribution in [0.2, 0.25) is 0 Å². The molecule has 0 spiro atoms. The van der Waals surface area contributed by atoms with Gasteiger partial charge in [-0.1, -0.05) is 36.3 Å². The highest BCUT2D eigenvalue weighted by Gasteiger charge is 2.31. The molecule has 4 rings (SSSR count). The Hall–Kier alpha value is -1.68. The van der Waals surface area contributed by atoms with Crippen LogP contribution < -0.4 is 5.32 Å². The molecule has 2 aromatic rings. The molecule has 1 aliphatic carbocycles. The van der Waals surface area contributed by atoms with Crippen LogP contribution in [0.1, 0.15) is 54.4 Å². The number of fused-ring (bicyclic) bond motifs is 1. The third kappa shape index (κ3) is 2.27. The Balaban J connectivity index is 1.61. The van der Waals surface area contributed by atoms with Crippen molar-refractivity contribution in [3.8, 4) is 0 Å². The van der Waals surface area contributed by atoms with Gasteiger partial charge in [-0.2, -0.15) is 4.98 Å². The average molecular weight is 283 g/mol. The van der Waals surface area contributed by atoms with Crippen LogP contribution in [0, 0.1) is 5.92 Å². The predicted molar refractivity (Wildman–Crippen MR) is 80.3 cm³/mol. The summed E-state index contributed by atoms with van der Waals surface area (Å²) in [6.45, 7) is 4.31. The first-order valence-electron chi connectivity index (χ1n) is 7.95. The number of benzene rings is 1. The van der Waals surface area contributed by atoms with Crippen LogP contribution in [0.4, 0.5) is 0 Å². The van der Waals surface area contributed by atoms with Gasteiger partial charge in [-0.25, -0.2) is 0 Å². The summed E-state index contributed by atoms with van der Waals surface area (Å²) >= 11 is 0. The molecule has 1 N–H and O–H groups in total. The molecule has 1 aliphatic heterocycles. The van der Waals surface area contributed by atoms with E-state index in [1.807, 2.05) is 0 Å². The molecule has 2 aliphatic rings. The van der Waals surface area contributed by atoms with Crippen molar-refractivity contribution in [2.45, 2.75) is 38.0 Å². The zero-order valence-corrected chi connectivity index (χ0v) is 12.4. The van der Waals surface area contributed by atoms with Crippen molar-refractivity contribution in [3.63, 3.8) is 0 Å². The summed E-state index contributed by atoms with van der Waals surface area (Å²) in [5, 5.41) is 7.60. The quantitative estimate of drug-likeness (QED) is 0.941. The summed E-state index contributed by atoms with van der Waals surface area (Å²) in [4.78, 5) is 4.73. The standard InChI is InChI=1S/C17H21N3O/c1-11(13-9-18-10-13)17-19-16(20-21-17)15-8-4-6-12-5-2-3-7-14(12)15/h2-3,5,7,11,13,15,18H,4,6,8-10H2,1H3. The van der Waals surface area contributed by atoms with Gasteiger partial charge < -0.3 is 9.84 Å². The largest absolute Gasteiger partial charge is 0.339 e. The molecule has 2 atom stereocenters. The maximum atomic E-state index is 5.56. The number of nitrogens with one attached hydrogen (secondary N) is 1. The first-order valence-corrected chi connectivity index (χ1v) is 7.95. The maximum absolute atomic E-state index is 5.56. The molecule has 0 radical (unpaired) electrons. The normalized spacial score (nSPS) is 23.4. The predicted octanol–water partition coefficient (Wildman–Crippen LogP) is 2.86. The molecule has 0 bridgehead atoms. The van der Waals surface area contributed by atoms with Gasteiger partial charge in [0.25, 0.3) is 0 Å². The molecule has 1 saturated heterocycles. The highest BCUT2D eigenvalue weighted by Crippen LogP contribution is 2.36. The maximum Gasteiger partial charge on any atom is 0.229 e. The van der Waals surface area contributed by atoms with Gasteiger partial charge in [-0.3, -0.25) is 0 Å². The van der Waals surface area contributed by atoms with Gasteiger partial charge in [0, 0.05) is 11.8 Å². The third-order valence-electron chi connectivity index (χ3n) is 5.05. The van der Waals surface area contributed by atoms with Gasteiger partial charge in [0.1, 0.15) is 0 Å². The fraction of sp³-hybridized carbons (Fsp3) is 0.529. The second-order valence-corrected chi connectivity index (χ2v) is 6.34. The number of nitrogens with zero attached hydrogens (tertiary/aromatic N) is 2. The summed E-state index contributed by atoms with van der Waals surface area (Å²) < 4.78 is 5.56. The topological polar surface area (TPSA) is 51.0 Å². The van der Waals surface area contributed by atoms with Crippen LogP contribution in [0.5, 0.6) is 0 Å². The van der Waals surface area contributed by atoms with Crippen molar-refractivity contribution in [2.24, 2.45) is 5.92 Å². The van der Waals surface area contributed by atoms with Crippen LogP contribution in [-0.2, 0) is 6.42 Å². The summed E-state index contributed by atoms with van der Waals surface area (Å²) in [7, 11) is 0. The number of aromatic nitrogens is 2. The Morgan fingerprint density at radius 3 is 2.95 bits per heavy atom. The lowest BCUT2D eigenvalue weighted by atomic mass is 9.82. The molecule has 2 heterocycles. The average Bonchev–Trinajstić information content (AvgIpc) is 2.94. The highest BCUT2D eigenvalue weighted by molar-refractivity contribution is 5.36.